The molecule has 1 aliphatic heterocycles. The molecule has 0 aromatic heterocycles. The quantitative estimate of drug-likeness (QED) is 0.517. The first-order chi connectivity index (χ1) is 16.1. The summed E-state index contributed by atoms with van der Waals surface area (Å²) >= 11 is 0. The van der Waals surface area contributed by atoms with Crippen molar-refractivity contribution in [2.75, 3.05) is 11.9 Å². The van der Waals surface area contributed by atoms with Crippen LogP contribution in [0.1, 0.15) is 55.0 Å². The molecule has 0 spiro atoms. The number of hydrogen-bond donors (Lipinski definition) is 1. The van der Waals surface area contributed by atoms with E-state index in [2.05, 4.69) is 5.32 Å². The Morgan fingerprint density at radius 3 is 2.42 bits per heavy atom. The molecule has 1 aliphatic carbocycles. The minimum atomic E-state index is -0.386. The molecule has 33 heavy (non-hydrogen) atoms. The van der Waals surface area contributed by atoms with Gasteiger partial charge >= 0.3 is 0 Å². The maximum Gasteiger partial charge on any atom is 0.261 e. The Balaban J connectivity index is 1.27. The third-order valence-electron chi connectivity index (χ3n) is 5.92. The summed E-state index contributed by atoms with van der Waals surface area (Å²) in [6, 6.07) is 21.5. The minimum absolute atomic E-state index is 0.199. The summed E-state index contributed by atoms with van der Waals surface area (Å²) in [6.07, 6.45) is 2.49. The highest BCUT2D eigenvalue weighted by Crippen LogP contribution is 2.29. The molecule has 3 amide bonds. The Bertz CT molecular complexity index is 1220. The molecule has 1 saturated carbocycles. The molecule has 1 heterocycles. The van der Waals surface area contributed by atoms with Crippen molar-refractivity contribution in [3.8, 4) is 0 Å². The zero-order chi connectivity index (χ0) is 22.8. The van der Waals surface area contributed by atoms with Crippen LogP contribution in [0, 0.1) is 5.92 Å². The zero-order valence-electron chi connectivity index (χ0n) is 18.1. The summed E-state index contributed by atoms with van der Waals surface area (Å²) in [7, 11) is 0. The third-order valence-corrected chi connectivity index (χ3v) is 5.92. The first kappa shape index (κ1) is 21.1. The molecular formula is C27H24N2O4. The van der Waals surface area contributed by atoms with Gasteiger partial charge in [0, 0.05) is 17.9 Å². The van der Waals surface area contributed by atoms with Crippen LogP contribution in [0.3, 0.4) is 0 Å². The fraction of sp³-hybridized carbons (Fsp3) is 0.222. The van der Waals surface area contributed by atoms with Crippen molar-refractivity contribution in [3.05, 3.63) is 101 Å². The fourth-order valence-electron chi connectivity index (χ4n) is 3.91. The number of hydrogen-bond acceptors (Lipinski definition) is 4. The van der Waals surface area contributed by atoms with Gasteiger partial charge in [-0.05, 0) is 60.2 Å². The zero-order valence-corrected chi connectivity index (χ0v) is 18.1. The van der Waals surface area contributed by atoms with E-state index in [4.69, 9.17) is 4.74 Å². The number of anilines is 1. The van der Waals surface area contributed by atoms with Gasteiger partial charge in [-0.1, -0.05) is 42.5 Å². The van der Waals surface area contributed by atoms with Crippen molar-refractivity contribution >= 4 is 23.4 Å². The number of nitrogens with zero attached hydrogens (tertiary/aromatic N) is 1. The number of carbonyl (C=O) groups is 3. The van der Waals surface area contributed by atoms with E-state index in [1.807, 2.05) is 54.6 Å². The minimum Gasteiger partial charge on any atom is -0.376 e. The van der Waals surface area contributed by atoms with E-state index in [-0.39, 0.29) is 29.8 Å². The average molecular weight is 440 g/mol. The predicted molar refractivity (Wildman–Crippen MR) is 124 cm³/mol. The van der Waals surface area contributed by atoms with Gasteiger partial charge in [-0.25, -0.2) is 0 Å². The monoisotopic (exact) mass is 440 g/mol. The summed E-state index contributed by atoms with van der Waals surface area (Å²) in [5.41, 5.74) is 3.41. The normalized spacial score (nSPS) is 15.0. The molecule has 3 aromatic carbocycles. The number of amides is 3. The summed E-state index contributed by atoms with van der Waals surface area (Å²) < 4.78 is 5.73. The molecule has 1 fully saturated rings. The number of rotatable bonds is 8. The summed E-state index contributed by atoms with van der Waals surface area (Å²) in [5.74, 6) is -0.366. The molecule has 6 nitrogen and oxygen atoms in total. The second-order valence-electron chi connectivity index (χ2n) is 8.56. The molecule has 0 unspecified atom stereocenters. The van der Waals surface area contributed by atoms with Crippen LogP contribution in [-0.4, -0.2) is 29.2 Å². The Hall–Kier alpha value is -3.77. The lowest BCUT2D eigenvalue weighted by Gasteiger charge is -2.13. The molecule has 6 heteroatoms. The Morgan fingerprint density at radius 2 is 1.64 bits per heavy atom. The molecule has 1 N–H and O–H groups in total. The van der Waals surface area contributed by atoms with Crippen LogP contribution in [0.25, 0.3) is 0 Å². The number of fused-ring (bicyclic) bond motifs is 1. The van der Waals surface area contributed by atoms with E-state index in [9.17, 15) is 14.4 Å². The van der Waals surface area contributed by atoms with Gasteiger partial charge < -0.3 is 10.1 Å². The fourth-order valence-corrected chi connectivity index (χ4v) is 3.91. The van der Waals surface area contributed by atoms with E-state index in [0.29, 0.717) is 29.3 Å². The van der Waals surface area contributed by atoms with Crippen molar-refractivity contribution in [1.29, 1.82) is 0 Å². The molecule has 0 bridgehead atoms. The van der Waals surface area contributed by atoms with Crippen LogP contribution in [0.5, 0.6) is 0 Å². The molecule has 0 atom stereocenters. The second-order valence-corrected chi connectivity index (χ2v) is 8.56. The third kappa shape index (κ3) is 4.71. The summed E-state index contributed by atoms with van der Waals surface area (Å²) in [4.78, 5) is 39.7. The maximum atomic E-state index is 12.9. The van der Waals surface area contributed by atoms with Crippen LogP contribution in [-0.2, 0) is 17.9 Å². The number of nitrogens with one attached hydrogen (secondary N) is 1. The van der Waals surface area contributed by atoms with Gasteiger partial charge in [0.25, 0.3) is 17.7 Å². The van der Waals surface area contributed by atoms with E-state index < -0.39 is 0 Å². The van der Waals surface area contributed by atoms with Gasteiger partial charge in [-0.2, -0.15) is 0 Å². The molecule has 2 aliphatic rings. The van der Waals surface area contributed by atoms with E-state index in [0.717, 1.165) is 17.7 Å². The van der Waals surface area contributed by atoms with E-state index in [1.54, 1.807) is 12.1 Å². The molecular weight excluding hydrogens is 416 g/mol. The Morgan fingerprint density at radius 1 is 0.879 bits per heavy atom. The average Bonchev–Trinajstić information content (AvgIpc) is 3.63. The number of imide groups is 1. The van der Waals surface area contributed by atoms with Crippen LogP contribution >= 0.6 is 0 Å². The van der Waals surface area contributed by atoms with Crippen LogP contribution in [0.15, 0.2) is 72.8 Å². The summed E-state index contributed by atoms with van der Waals surface area (Å²) in [5, 5.41) is 2.87. The number of benzene rings is 3. The van der Waals surface area contributed by atoms with Gasteiger partial charge in [0.2, 0.25) is 0 Å². The summed E-state index contributed by atoms with van der Waals surface area (Å²) in [6.45, 7) is 1.48. The molecule has 3 aromatic rings. The topological polar surface area (TPSA) is 75.7 Å². The molecule has 5 rings (SSSR count). The molecule has 0 radical (unpaired) electrons. The van der Waals surface area contributed by atoms with Crippen molar-refractivity contribution in [2.45, 2.75) is 26.0 Å². The van der Waals surface area contributed by atoms with Gasteiger partial charge in [-0.3, -0.25) is 19.3 Å². The Kier molecular flexibility index (Phi) is 5.75. The second kappa shape index (κ2) is 9.00. The van der Waals surface area contributed by atoms with Crippen LogP contribution < -0.4 is 5.32 Å². The van der Waals surface area contributed by atoms with Crippen molar-refractivity contribution < 1.29 is 19.1 Å². The smallest absolute Gasteiger partial charge is 0.261 e. The highest BCUT2D eigenvalue weighted by Gasteiger charge is 2.36. The van der Waals surface area contributed by atoms with Gasteiger partial charge in [0.15, 0.2) is 0 Å². The lowest BCUT2D eigenvalue weighted by molar-refractivity contribution is 0.0642. The van der Waals surface area contributed by atoms with Gasteiger partial charge in [0.05, 0.1) is 24.3 Å². The SMILES string of the molecule is O=C(Nc1cccc(COCC2CC2)c1)c1ccc2c(c1)C(=O)N(Cc1ccccc1)C2=O. The van der Waals surface area contributed by atoms with Gasteiger partial charge in [-0.15, -0.1) is 0 Å². The predicted octanol–water partition coefficient (Wildman–Crippen LogP) is 4.66. The van der Waals surface area contributed by atoms with Gasteiger partial charge in [0.1, 0.15) is 0 Å². The van der Waals surface area contributed by atoms with Crippen LogP contribution in [0.4, 0.5) is 5.69 Å². The standard InChI is InChI=1S/C27H24N2O4/c30-25(28-22-8-4-7-20(13-22)17-33-16-19-9-10-19)21-11-12-23-24(14-21)27(32)29(26(23)31)15-18-5-2-1-3-6-18/h1-8,11-14,19H,9-10,15-17H2,(H,28,30). The highest BCUT2D eigenvalue weighted by molar-refractivity contribution is 6.22. The largest absolute Gasteiger partial charge is 0.376 e. The lowest BCUT2D eigenvalue weighted by Crippen LogP contribution is -2.29. The van der Waals surface area contributed by atoms with Crippen molar-refractivity contribution in [1.82, 2.24) is 4.90 Å². The van der Waals surface area contributed by atoms with E-state index >= 15 is 0 Å². The van der Waals surface area contributed by atoms with Crippen molar-refractivity contribution in [2.24, 2.45) is 5.92 Å². The number of carbonyl (C=O) groups excluding carboxylic acids is 3. The lowest BCUT2D eigenvalue weighted by atomic mass is 10.1. The maximum absolute atomic E-state index is 12.9. The van der Waals surface area contributed by atoms with Crippen LogP contribution in [0.2, 0.25) is 0 Å². The first-order valence-electron chi connectivity index (χ1n) is 11.1. The Labute approximate surface area is 192 Å². The van der Waals surface area contributed by atoms with Crippen molar-refractivity contribution in [3.63, 3.8) is 0 Å². The number of ether oxygens (including phenoxy) is 1. The first-order valence-corrected chi connectivity index (χ1v) is 11.1. The molecule has 166 valence electrons. The molecule has 0 saturated heterocycles. The highest BCUT2D eigenvalue weighted by atomic mass is 16.5. The van der Waals surface area contributed by atoms with E-state index in [1.165, 1.54) is 23.8 Å².